The van der Waals surface area contributed by atoms with Gasteiger partial charge in [0.25, 0.3) is 0 Å². The quantitative estimate of drug-likeness (QED) is 0.802. The second kappa shape index (κ2) is 6.15. The Morgan fingerprint density at radius 1 is 1.52 bits per heavy atom. The average molecular weight is 330 g/mol. The molecule has 1 aliphatic heterocycles. The van der Waals surface area contributed by atoms with Gasteiger partial charge in [-0.15, -0.1) is 0 Å². The van der Waals surface area contributed by atoms with Crippen molar-refractivity contribution in [1.29, 1.82) is 0 Å². The Hall–Kier alpha value is -1.41. The van der Waals surface area contributed by atoms with E-state index in [4.69, 9.17) is 10.8 Å². The number of carbonyl (C=O) groups is 1. The lowest BCUT2D eigenvalue weighted by Gasteiger charge is -2.37. The van der Waals surface area contributed by atoms with Crippen molar-refractivity contribution in [1.82, 2.24) is 0 Å². The second-order valence-electron chi connectivity index (χ2n) is 4.72. The van der Waals surface area contributed by atoms with Crippen LogP contribution >= 0.6 is 11.8 Å². The van der Waals surface area contributed by atoms with E-state index in [1.807, 2.05) is 0 Å². The van der Waals surface area contributed by atoms with Gasteiger partial charge in [-0.05, 0) is 12.1 Å². The first-order valence-electron chi connectivity index (χ1n) is 6.56. The number of carboxylic acid groups (broad SMARTS) is 1. The molecule has 0 spiro atoms. The Morgan fingerprint density at radius 3 is 2.86 bits per heavy atom. The van der Waals surface area contributed by atoms with Crippen LogP contribution in [0.15, 0.2) is 18.2 Å². The summed E-state index contributed by atoms with van der Waals surface area (Å²) >= 11 is 1.58. The molecular formula is C13H18N2O4S2. The van der Waals surface area contributed by atoms with Crippen molar-refractivity contribution in [2.75, 3.05) is 34.4 Å². The second-order valence-corrected chi connectivity index (χ2v) is 8.32. The molecular weight excluding hydrogens is 312 g/mol. The van der Waals surface area contributed by atoms with Gasteiger partial charge in [-0.3, -0.25) is 0 Å². The number of rotatable bonds is 4. The zero-order valence-corrected chi connectivity index (χ0v) is 13.3. The number of hydrogen-bond acceptors (Lipinski definition) is 6. The highest BCUT2D eigenvalue weighted by molar-refractivity contribution is 8.01. The van der Waals surface area contributed by atoms with Crippen LogP contribution < -0.4 is 10.6 Å². The van der Waals surface area contributed by atoms with Crippen molar-refractivity contribution in [2.45, 2.75) is 12.3 Å². The van der Waals surface area contributed by atoms with E-state index in [-0.39, 0.29) is 17.0 Å². The van der Waals surface area contributed by atoms with E-state index < -0.39 is 21.2 Å². The molecule has 1 aromatic rings. The number of thioether (sulfide) groups is 1. The molecule has 0 saturated carbocycles. The minimum atomic E-state index is -3.27. The minimum absolute atomic E-state index is 0.00151. The topological polar surface area (TPSA) is 101 Å². The Bertz CT molecular complexity index is 646. The molecule has 1 saturated heterocycles. The van der Waals surface area contributed by atoms with Crippen LogP contribution in [0.4, 0.5) is 11.4 Å². The third kappa shape index (κ3) is 3.11. The molecule has 1 atom stereocenters. The zero-order valence-electron chi connectivity index (χ0n) is 11.7. The fourth-order valence-corrected chi connectivity index (χ4v) is 5.32. The summed E-state index contributed by atoms with van der Waals surface area (Å²) in [5.41, 5.74) is 6.54. The van der Waals surface area contributed by atoms with Gasteiger partial charge < -0.3 is 15.7 Å². The van der Waals surface area contributed by atoms with Crippen molar-refractivity contribution in [3.05, 3.63) is 23.8 Å². The third-order valence-electron chi connectivity index (χ3n) is 3.52. The molecule has 21 heavy (non-hydrogen) atoms. The number of para-hydroxylation sites is 1. The van der Waals surface area contributed by atoms with E-state index in [2.05, 4.69) is 0 Å². The van der Waals surface area contributed by atoms with Gasteiger partial charge >= 0.3 is 5.97 Å². The van der Waals surface area contributed by atoms with Crippen LogP contribution in [-0.2, 0) is 9.84 Å². The monoisotopic (exact) mass is 330 g/mol. The molecule has 1 fully saturated rings. The van der Waals surface area contributed by atoms with E-state index in [1.165, 1.54) is 6.07 Å². The standard InChI is InChI=1S/C13H18N2O4S2/c1-2-21(18,19)11-8-20-7-6-15(11)10-5-3-4-9(12(10)14)13(16)17/h3-5,11H,2,6-8,14H2,1H3,(H,16,17). The van der Waals surface area contributed by atoms with Crippen LogP contribution in [0.25, 0.3) is 0 Å². The van der Waals surface area contributed by atoms with E-state index in [0.29, 0.717) is 18.0 Å². The van der Waals surface area contributed by atoms with Gasteiger partial charge in [0.15, 0.2) is 9.84 Å². The van der Waals surface area contributed by atoms with Crippen LogP contribution in [0, 0.1) is 0 Å². The number of anilines is 2. The summed E-state index contributed by atoms with van der Waals surface area (Å²) in [5, 5.41) is 8.48. The Balaban J connectivity index is 2.48. The molecule has 3 N–H and O–H groups in total. The normalized spacial score (nSPS) is 19.5. The first kappa shape index (κ1) is 16.0. The molecule has 0 radical (unpaired) electrons. The number of nitrogen functional groups attached to an aromatic ring is 1. The SMILES string of the molecule is CCS(=O)(=O)C1CSCCN1c1cccc(C(=O)O)c1N. The van der Waals surface area contributed by atoms with Crippen molar-refractivity contribution in [2.24, 2.45) is 0 Å². The van der Waals surface area contributed by atoms with Gasteiger partial charge in [0, 0.05) is 23.8 Å². The predicted octanol–water partition coefficient (Wildman–Crippen LogP) is 1.28. The number of benzene rings is 1. The number of nitrogens with two attached hydrogens (primary N) is 1. The van der Waals surface area contributed by atoms with Gasteiger partial charge in [-0.2, -0.15) is 11.8 Å². The Labute approximate surface area is 128 Å². The molecule has 6 nitrogen and oxygen atoms in total. The predicted molar refractivity (Wildman–Crippen MR) is 85.7 cm³/mol. The molecule has 0 bridgehead atoms. The lowest BCUT2D eigenvalue weighted by atomic mass is 10.1. The zero-order chi connectivity index (χ0) is 15.6. The summed E-state index contributed by atoms with van der Waals surface area (Å²) in [6, 6.07) is 4.69. The van der Waals surface area contributed by atoms with Crippen molar-refractivity contribution in [3.63, 3.8) is 0 Å². The van der Waals surface area contributed by atoms with Gasteiger partial charge in [0.1, 0.15) is 5.37 Å². The molecule has 0 aliphatic carbocycles. The smallest absolute Gasteiger partial charge is 0.337 e. The molecule has 1 aromatic carbocycles. The number of sulfone groups is 1. The summed E-state index contributed by atoms with van der Waals surface area (Å²) in [6.45, 7) is 2.14. The number of hydrogen-bond donors (Lipinski definition) is 2. The highest BCUT2D eigenvalue weighted by Crippen LogP contribution is 2.33. The van der Waals surface area contributed by atoms with E-state index in [0.717, 1.165) is 5.75 Å². The fourth-order valence-electron chi connectivity index (χ4n) is 2.34. The largest absolute Gasteiger partial charge is 0.478 e. The van der Waals surface area contributed by atoms with E-state index >= 15 is 0 Å². The maximum atomic E-state index is 12.3. The van der Waals surface area contributed by atoms with E-state index in [9.17, 15) is 13.2 Å². The first-order valence-corrected chi connectivity index (χ1v) is 9.43. The summed E-state index contributed by atoms with van der Waals surface area (Å²) < 4.78 is 24.5. The molecule has 8 heteroatoms. The molecule has 1 aliphatic rings. The van der Waals surface area contributed by atoms with Crippen LogP contribution in [0.3, 0.4) is 0 Å². The minimum Gasteiger partial charge on any atom is -0.478 e. The summed E-state index contributed by atoms with van der Waals surface area (Å²) in [4.78, 5) is 12.9. The average Bonchev–Trinajstić information content (AvgIpc) is 2.47. The third-order valence-corrected chi connectivity index (χ3v) is 6.81. The summed E-state index contributed by atoms with van der Waals surface area (Å²) in [7, 11) is -3.27. The molecule has 2 rings (SSSR count). The first-order chi connectivity index (χ1) is 9.88. The molecule has 1 unspecified atom stereocenters. The van der Waals surface area contributed by atoms with E-state index in [1.54, 1.807) is 35.7 Å². The summed E-state index contributed by atoms with van der Waals surface area (Å²) in [6.07, 6.45) is 0. The van der Waals surface area contributed by atoms with Gasteiger partial charge in [-0.25, -0.2) is 13.2 Å². The van der Waals surface area contributed by atoms with Crippen LogP contribution in [-0.4, -0.2) is 48.7 Å². The maximum absolute atomic E-state index is 12.3. The van der Waals surface area contributed by atoms with Gasteiger partial charge in [0.2, 0.25) is 0 Å². The lowest BCUT2D eigenvalue weighted by Crippen LogP contribution is -2.48. The highest BCUT2D eigenvalue weighted by atomic mass is 32.2. The van der Waals surface area contributed by atoms with Gasteiger partial charge in [-0.1, -0.05) is 13.0 Å². The van der Waals surface area contributed by atoms with Gasteiger partial charge in [0.05, 0.1) is 16.9 Å². The lowest BCUT2D eigenvalue weighted by molar-refractivity contribution is 0.0698. The highest BCUT2D eigenvalue weighted by Gasteiger charge is 2.34. The summed E-state index contributed by atoms with van der Waals surface area (Å²) in [5.74, 6) is 0.183. The number of carboxylic acids is 1. The number of nitrogens with zero attached hydrogens (tertiary/aromatic N) is 1. The number of aromatic carboxylic acids is 1. The van der Waals surface area contributed by atoms with Crippen molar-refractivity contribution in [3.8, 4) is 0 Å². The maximum Gasteiger partial charge on any atom is 0.337 e. The molecule has 0 aromatic heterocycles. The Morgan fingerprint density at radius 2 is 2.24 bits per heavy atom. The van der Waals surface area contributed by atoms with Crippen LogP contribution in [0.2, 0.25) is 0 Å². The molecule has 116 valence electrons. The van der Waals surface area contributed by atoms with Crippen molar-refractivity contribution < 1.29 is 18.3 Å². The van der Waals surface area contributed by atoms with Crippen molar-refractivity contribution >= 4 is 38.9 Å². The molecule has 0 amide bonds. The Kier molecular flexibility index (Phi) is 4.67. The van der Waals surface area contributed by atoms with Crippen LogP contribution in [0.1, 0.15) is 17.3 Å². The molecule has 1 heterocycles. The fraction of sp³-hybridized carbons (Fsp3) is 0.462. The van der Waals surface area contributed by atoms with Crippen LogP contribution in [0.5, 0.6) is 0 Å².